The zero-order chi connectivity index (χ0) is 12.0. The Morgan fingerprint density at radius 2 is 2.12 bits per heavy atom. The molecular formula is C14H23NO2. The van der Waals surface area contributed by atoms with Gasteiger partial charge in [-0.2, -0.15) is 0 Å². The van der Waals surface area contributed by atoms with E-state index in [1.165, 1.54) is 25.7 Å². The maximum absolute atomic E-state index is 11.6. The van der Waals surface area contributed by atoms with E-state index >= 15 is 0 Å². The van der Waals surface area contributed by atoms with E-state index in [2.05, 4.69) is 11.8 Å². The summed E-state index contributed by atoms with van der Waals surface area (Å²) in [4.78, 5) is 13.9. The summed E-state index contributed by atoms with van der Waals surface area (Å²) < 4.78 is 0. The van der Waals surface area contributed by atoms with Crippen molar-refractivity contribution in [2.45, 2.75) is 57.5 Å². The molecule has 0 spiro atoms. The number of fused-ring (bicyclic) bond motifs is 1. The summed E-state index contributed by atoms with van der Waals surface area (Å²) in [5.41, 5.74) is 0. The summed E-state index contributed by atoms with van der Waals surface area (Å²) in [6.07, 6.45) is 7.39. The lowest BCUT2D eigenvalue weighted by Gasteiger charge is -2.32. The van der Waals surface area contributed by atoms with Crippen LogP contribution >= 0.6 is 0 Å². The van der Waals surface area contributed by atoms with Crippen LogP contribution in [-0.2, 0) is 4.79 Å². The third-order valence-corrected chi connectivity index (χ3v) is 5.19. The summed E-state index contributed by atoms with van der Waals surface area (Å²) in [6, 6.07) is 0.370. The highest BCUT2D eigenvalue weighted by Crippen LogP contribution is 2.47. The standard InChI is InChI=1S/C14H23NO2/c1-2-12(9-6-7-9)15-8-10-4-3-5-11(10)13(15)14(16)17/h9-13H,2-8H2,1H3,(H,16,17). The second-order valence-corrected chi connectivity index (χ2v) is 6.15. The van der Waals surface area contributed by atoms with Crippen molar-refractivity contribution in [2.75, 3.05) is 6.54 Å². The molecule has 4 atom stereocenters. The Morgan fingerprint density at radius 1 is 1.35 bits per heavy atom. The van der Waals surface area contributed by atoms with Crippen molar-refractivity contribution in [1.82, 2.24) is 4.90 Å². The van der Waals surface area contributed by atoms with Crippen molar-refractivity contribution in [3.63, 3.8) is 0 Å². The lowest BCUT2D eigenvalue weighted by Crippen LogP contribution is -2.46. The number of likely N-dealkylation sites (tertiary alicyclic amines) is 1. The van der Waals surface area contributed by atoms with Crippen LogP contribution in [0, 0.1) is 17.8 Å². The first-order valence-electron chi connectivity index (χ1n) is 7.21. The molecule has 1 saturated heterocycles. The van der Waals surface area contributed by atoms with Gasteiger partial charge < -0.3 is 5.11 Å². The highest BCUT2D eigenvalue weighted by atomic mass is 16.4. The number of carbonyl (C=O) groups is 1. The van der Waals surface area contributed by atoms with Gasteiger partial charge in [-0.25, -0.2) is 0 Å². The summed E-state index contributed by atoms with van der Waals surface area (Å²) in [7, 11) is 0. The fourth-order valence-corrected chi connectivity index (χ4v) is 4.32. The zero-order valence-corrected chi connectivity index (χ0v) is 10.6. The van der Waals surface area contributed by atoms with E-state index < -0.39 is 5.97 Å². The van der Waals surface area contributed by atoms with Gasteiger partial charge in [0.2, 0.25) is 0 Å². The zero-order valence-electron chi connectivity index (χ0n) is 10.6. The van der Waals surface area contributed by atoms with Crippen molar-refractivity contribution in [3.05, 3.63) is 0 Å². The van der Waals surface area contributed by atoms with Gasteiger partial charge in [0.05, 0.1) is 0 Å². The molecule has 1 aliphatic heterocycles. The molecule has 0 bridgehead atoms. The minimum atomic E-state index is -0.571. The van der Waals surface area contributed by atoms with Gasteiger partial charge in [0.25, 0.3) is 0 Å². The predicted molar refractivity (Wildman–Crippen MR) is 65.8 cm³/mol. The van der Waals surface area contributed by atoms with Crippen LogP contribution < -0.4 is 0 Å². The second kappa shape index (κ2) is 4.27. The average Bonchev–Trinajstić information content (AvgIpc) is 2.88. The van der Waals surface area contributed by atoms with E-state index in [0.717, 1.165) is 25.3 Å². The van der Waals surface area contributed by atoms with Gasteiger partial charge in [-0.1, -0.05) is 13.3 Å². The van der Waals surface area contributed by atoms with Crippen molar-refractivity contribution >= 4 is 5.97 Å². The molecule has 1 N–H and O–H groups in total. The molecular weight excluding hydrogens is 214 g/mol. The molecule has 3 rings (SSSR count). The Hall–Kier alpha value is -0.570. The Labute approximate surface area is 103 Å². The summed E-state index contributed by atoms with van der Waals surface area (Å²) in [6.45, 7) is 3.27. The van der Waals surface area contributed by atoms with Crippen LogP contribution in [0.1, 0.15) is 45.4 Å². The monoisotopic (exact) mass is 237 g/mol. The number of rotatable bonds is 4. The quantitative estimate of drug-likeness (QED) is 0.816. The predicted octanol–water partition coefficient (Wildman–Crippen LogP) is 2.36. The van der Waals surface area contributed by atoms with Gasteiger partial charge in [-0.15, -0.1) is 0 Å². The molecule has 3 aliphatic rings. The smallest absolute Gasteiger partial charge is 0.321 e. The fourth-order valence-electron chi connectivity index (χ4n) is 4.32. The van der Waals surface area contributed by atoms with Gasteiger partial charge in [-0.3, -0.25) is 9.69 Å². The third-order valence-electron chi connectivity index (χ3n) is 5.19. The van der Waals surface area contributed by atoms with Crippen LogP contribution in [0.2, 0.25) is 0 Å². The maximum atomic E-state index is 11.6. The normalized spacial score (nSPS) is 39.2. The fraction of sp³-hybridized carbons (Fsp3) is 0.929. The van der Waals surface area contributed by atoms with Crippen LogP contribution in [0.25, 0.3) is 0 Å². The summed E-state index contributed by atoms with van der Waals surface area (Å²) >= 11 is 0. The molecule has 0 aromatic heterocycles. The molecule has 3 fully saturated rings. The molecule has 3 heteroatoms. The van der Waals surface area contributed by atoms with Crippen LogP contribution in [0.3, 0.4) is 0 Å². The van der Waals surface area contributed by atoms with Gasteiger partial charge >= 0.3 is 5.97 Å². The van der Waals surface area contributed by atoms with Crippen LogP contribution in [0.4, 0.5) is 0 Å². The SMILES string of the molecule is CCC(C1CC1)N1CC2CCCC2C1C(=O)O. The van der Waals surface area contributed by atoms with Crippen molar-refractivity contribution in [2.24, 2.45) is 17.8 Å². The van der Waals surface area contributed by atoms with E-state index in [4.69, 9.17) is 0 Å². The van der Waals surface area contributed by atoms with Gasteiger partial charge in [0.15, 0.2) is 0 Å². The Kier molecular flexibility index (Phi) is 2.89. The van der Waals surface area contributed by atoms with Crippen molar-refractivity contribution in [3.8, 4) is 0 Å². The molecule has 1 heterocycles. The summed E-state index contributed by atoms with van der Waals surface area (Å²) in [5, 5.41) is 9.54. The minimum absolute atomic E-state index is 0.173. The molecule has 96 valence electrons. The largest absolute Gasteiger partial charge is 0.480 e. The number of hydrogen-bond donors (Lipinski definition) is 1. The lowest BCUT2D eigenvalue weighted by atomic mass is 9.94. The van der Waals surface area contributed by atoms with Gasteiger partial charge in [0, 0.05) is 12.6 Å². The number of carboxylic acid groups (broad SMARTS) is 1. The van der Waals surface area contributed by atoms with Crippen LogP contribution in [0.5, 0.6) is 0 Å². The van der Waals surface area contributed by atoms with Gasteiger partial charge in [0.1, 0.15) is 6.04 Å². The van der Waals surface area contributed by atoms with Crippen LogP contribution in [0.15, 0.2) is 0 Å². The highest BCUT2D eigenvalue weighted by Gasteiger charge is 2.51. The van der Waals surface area contributed by atoms with Crippen molar-refractivity contribution in [1.29, 1.82) is 0 Å². The second-order valence-electron chi connectivity index (χ2n) is 6.15. The molecule has 0 aromatic rings. The number of carboxylic acids is 1. The Bertz CT molecular complexity index is 313. The summed E-state index contributed by atoms with van der Waals surface area (Å²) in [5.74, 6) is 1.34. The molecule has 2 aliphatic carbocycles. The topological polar surface area (TPSA) is 40.5 Å². The number of hydrogen-bond acceptors (Lipinski definition) is 2. The molecule has 4 unspecified atom stereocenters. The van der Waals surface area contributed by atoms with Crippen LogP contribution in [-0.4, -0.2) is 34.6 Å². The first kappa shape index (κ1) is 11.5. The average molecular weight is 237 g/mol. The minimum Gasteiger partial charge on any atom is -0.480 e. The molecule has 0 amide bonds. The number of nitrogens with zero attached hydrogens (tertiary/aromatic N) is 1. The molecule has 0 aromatic carbocycles. The first-order chi connectivity index (χ1) is 8.22. The van der Waals surface area contributed by atoms with E-state index in [-0.39, 0.29) is 6.04 Å². The molecule has 3 nitrogen and oxygen atoms in total. The van der Waals surface area contributed by atoms with E-state index in [1.807, 2.05) is 0 Å². The van der Waals surface area contributed by atoms with Crippen molar-refractivity contribution < 1.29 is 9.90 Å². The van der Waals surface area contributed by atoms with Gasteiger partial charge in [-0.05, 0) is 49.9 Å². The highest BCUT2D eigenvalue weighted by molar-refractivity contribution is 5.74. The molecule has 17 heavy (non-hydrogen) atoms. The first-order valence-corrected chi connectivity index (χ1v) is 7.21. The molecule has 0 radical (unpaired) electrons. The third kappa shape index (κ3) is 1.88. The maximum Gasteiger partial charge on any atom is 0.321 e. The Balaban J connectivity index is 1.80. The lowest BCUT2D eigenvalue weighted by molar-refractivity contribution is -0.144. The number of aliphatic carboxylic acids is 1. The Morgan fingerprint density at radius 3 is 2.71 bits per heavy atom. The molecule has 2 saturated carbocycles. The van der Waals surface area contributed by atoms with E-state index in [9.17, 15) is 9.90 Å². The van der Waals surface area contributed by atoms with E-state index in [0.29, 0.717) is 17.9 Å². The van der Waals surface area contributed by atoms with E-state index in [1.54, 1.807) is 0 Å².